The summed E-state index contributed by atoms with van der Waals surface area (Å²) >= 11 is 1.81. The van der Waals surface area contributed by atoms with E-state index in [1.807, 2.05) is 0 Å². The van der Waals surface area contributed by atoms with Gasteiger partial charge in [-0.05, 0) is 31.3 Å². The van der Waals surface area contributed by atoms with Gasteiger partial charge in [-0.3, -0.25) is 0 Å². The molecule has 1 aromatic heterocycles. The Morgan fingerprint density at radius 3 is 3.17 bits per heavy atom. The predicted octanol–water partition coefficient (Wildman–Crippen LogP) is 2.80. The quantitative estimate of drug-likeness (QED) is 0.544. The Kier molecular flexibility index (Phi) is 4.73. The van der Waals surface area contributed by atoms with E-state index in [0.717, 1.165) is 19.5 Å². The van der Waals surface area contributed by atoms with Crippen molar-refractivity contribution < 1.29 is 0 Å². The fourth-order valence-electron chi connectivity index (χ4n) is 0.977. The van der Waals surface area contributed by atoms with Crippen LogP contribution in [0.5, 0.6) is 0 Å². The summed E-state index contributed by atoms with van der Waals surface area (Å²) in [5.74, 6) is 0. The molecule has 1 nitrogen and oxygen atoms in total. The molecule has 0 aliphatic carbocycles. The van der Waals surface area contributed by atoms with Gasteiger partial charge in [-0.25, -0.2) is 0 Å². The average molecular weight is 181 g/mol. The topological polar surface area (TPSA) is 12.0 Å². The summed E-state index contributed by atoms with van der Waals surface area (Å²) in [6.07, 6.45) is 5.40. The van der Waals surface area contributed by atoms with Crippen molar-refractivity contribution >= 4 is 11.3 Å². The van der Waals surface area contributed by atoms with Gasteiger partial charge in [0.25, 0.3) is 0 Å². The van der Waals surface area contributed by atoms with E-state index in [2.05, 4.69) is 41.9 Å². The van der Waals surface area contributed by atoms with Crippen LogP contribution in [0.15, 0.2) is 29.7 Å². The van der Waals surface area contributed by atoms with E-state index in [1.54, 1.807) is 11.3 Å². The molecule has 0 aliphatic heterocycles. The molecule has 0 fully saturated rings. The Hall–Kier alpha value is -0.600. The second kappa shape index (κ2) is 5.98. The van der Waals surface area contributed by atoms with Gasteiger partial charge in [0, 0.05) is 11.4 Å². The van der Waals surface area contributed by atoms with Gasteiger partial charge in [-0.2, -0.15) is 0 Å². The van der Waals surface area contributed by atoms with Crippen molar-refractivity contribution in [2.75, 3.05) is 6.54 Å². The monoisotopic (exact) mass is 181 g/mol. The van der Waals surface area contributed by atoms with Gasteiger partial charge < -0.3 is 5.32 Å². The van der Waals surface area contributed by atoms with Crippen molar-refractivity contribution in [2.24, 2.45) is 0 Å². The average Bonchev–Trinajstić information content (AvgIpc) is 2.57. The Morgan fingerprint density at radius 2 is 2.50 bits per heavy atom. The Bertz CT molecular complexity index is 214. The standard InChI is InChI=1S/C10H15NS/c1-2-3-4-7-11-9-10-6-5-8-12-10/h2-3,5-6,8,11H,4,7,9H2,1H3/b3-2+. The van der Waals surface area contributed by atoms with Crippen LogP contribution < -0.4 is 5.32 Å². The maximum atomic E-state index is 3.38. The van der Waals surface area contributed by atoms with Crippen LogP contribution in [0.1, 0.15) is 18.2 Å². The molecule has 0 spiro atoms. The lowest BCUT2D eigenvalue weighted by molar-refractivity contribution is 0.702. The molecule has 0 aromatic carbocycles. The van der Waals surface area contributed by atoms with Crippen molar-refractivity contribution in [1.82, 2.24) is 5.32 Å². The maximum Gasteiger partial charge on any atom is 0.0299 e. The van der Waals surface area contributed by atoms with Crippen LogP contribution in [0.3, 0.4) is 0 Å². The first-order chi connectivity index (χ1) is 5.93. The molecule has 0 unspecified atom stereocenters. The van der Waals surface area contributed by atoms with Crippen molar-refractivity contribution in [3.05, 3.63) is 34.5 Å². The molecule has 0 saturated heterocycles. The molecular formula is C10H15NS. The molecule has 1 aromatic rings. The summed E-state index contributed by atoms with van der Waals surface area (Å²) < 4.78 is 0. The Labute approximate surface area is 78.1 Å². The molecule has 1 heterocycles. The van der Waals surface area contributed by atoms with Crippen molar-refractivity contribution in [3.63, 3.8) is 0 Å². The van der Waals surface area contributed by atoms with Crippen LogP contribution >= 0.6 is 11.3 Å². The first kappa shape index (κ1) is 9.49. The van der Waals surface area contributed by atoms with E-state index in [-0.39, 0.29) is 0 Å². The third-order valence-corrected chi connectivity index (χ3v) is 2.48. The zero-order valence-corrected chi connectivity index (χ0v) is 8.23. The van der Waals surface area contributed by atoms with Crippen molar-refractivity contribution in [2.45, 2.75) is 19.9 Å². The number of allylic oxidation sites excluding steroid dienone is 1. The normalized spacial score (nSPS) is 11.1. The molecule has 0 bridgehead atoms. The fourth-order valence-corrected chi connectivity index (χ4v) is 1.65. The summed E-state index contributed by atoms with van der Waals surface area (Å²) in [6, 6.07) is 4.25. The highest BCUT2D eigenvalue weighted by molar-refractivity contribution is 7.09. The van der Waals surface area contributed by atoms with Gasteiger partial charge >= 0.3 is 0 Å². The van der Waals surface area contributed by atoms with Crippen LogP contribution in [-0.4, -0.2) is 6.54 Å². The minimum atomic E-state index is 1.01. The lowest BCUT2D eigenvalue weighted by Crippen LogP contribution is -2.12. The maximum absolute atomic E-state index is 3.38. The predicted molar refractivity (Wildman–Crippen MR) is 55.5 cm³/mol. The van der Waals surface area contributed by atoms with Crippen LogP contribution in [0, 0.1) is 0 Å². The molecule has 66 valence electrons. The largest absolute Gasteiger partial charge is 0.312 e. The van der Waals surface area contributed by atoms with Gasteiger partial charge in [0.15, 0.2) is 0 Å². The number of nitrogens with one attached hydrogen (secondary N) is 1. The minimum absolute atomic E-state index is 1.01. The molecule has 1 N–H and O–H groups in total. The lowest BCUT2D eigenvalue weighted by atomic mass is 10.4. The highest BCUT2D eigenvalue weighted by atomic mass is 32.1. The second-order valence-corrected chi connectivity index (χ2v) is 3.65. The Morgan fingerprint density at radius 1 is 1.58 bits per heavy atom. The number of hydrogen-bond donors (Lipinski definition) is 1. The third-order valence-electron chi connectivity index (χ3n) is 1.60. The zero-order chi connectivity index (χ0) is 8.65. The molecule has 0 saturated carbocycles. The summed E-state index contributed by atoms with van der Waals surface area (Å²) in [5, 5.41) is 5.50. The smallest absolute Gasteiger partial charge is 0.0299 e. The van der Waals surface area contributed by atoms with E-state index >= 15 is 0 Å². The number of hydrogen-bond acceptors (Lipinski definition) is 2. The van der Waals surface area contributed by atoms with Crippen LogP contribution in [0.2, 0.25) is 0 Å². The molecule has 2 heteroatoms. The minimum Gasteiger partial charge on any atom is -0.312 e. The van der Waals surface area contributed by atoms with Crippen LogP contribution in [0.4, 0.5) is 0 Å². The van der Waals surface area contributed by atoms with Gasteiger partial charge in [0.05, 0.1) is 0 Å². The second-order valence-electron chi connectivity index (χ2n) is 2.61. The SMILES string of the molecule is C/C=C/CCNCc1cccs1. The molecule has 1 rings (SSSR count). The van der Waals surface area contributed by atoms with Crippen molar-refractivity contribution in [1.29, 1.82) is 0 Å². The highest BCUT2D eigenvalue weighted by Crippen LogP contribution is 2.06. The molecule has 12 heavy (non-hydrogen) atoms. The first-order valence-electron chi connectivity index (χ1n) is 4.27. The molecule has 0 atom stereocenters. The van der Waals surface area contributed by atoms with Gasteiger partial charge in [-0.1, -0.05) is 18.2 Å². The van der Waals surface area contributed by atoms with E-state index in [9.17, 15) is 0 Å². The summed E-state index contributed by atoms with van der Waals surface area (Å²) in [4.78, 5) is 1.41. The van der Waals surface area contributed by atoms with Gasteiger partial charge in [-0.15, -0.1) is 11.3 Å². The van der Waals surface area contributed by atoms with Gasteiger partial charge in [0.2, 0.25) is 0 Å². The highest BCUT2D eigenvalue weighted by Gasteiger charge is 1.90. The third kappa shape index (κ3) is 3.69. The molecule has 0 aliphatic rings. The van der Waals surface area contributed by atoms with E-state index in [0.29, 0.717) is 0 Å². The van der Waals surface area contributed by atoms with Gasteiger partial charge in [0.1, 0.15) is 0 Å². The summed E-state index contributed by atoms with van der Waals surface area (Å²) in [6.45, 7) is 4.14. The fraction of sp³-hybridized carbons (Fsp3) is 0.400. The van der Waals surface area contributed by atoms with Crippen molar-refractivity contribution in [3.8, 4) is 0 Å². The Balaban J connectivity index is 2.03. The van der Waals surface area contributed by atoms with Crippen LogP contribution in [-0.2, 0) is 6.54 Å². The van der Waals surface area contributed by atoms with Crippen LogP contribution in [0.25, 0.3) is 0 Å². The lowest BCUT2D eigenvalue weighted by Gasteiger charge is -1.98. The number of rotatable bonds is 5. The summed E-state index contributed by atoms with van der Waals surface area (Å²) in [5.41, 5.74) is 0. The first-order valence-corrected chi connectivity index (χ1v) is 5.15. The van der Waals surface area contributed by atoms with E-state index < -0.39 is 0 Å². The molecule has 0 radical (unpaired) electrons. The summed E-state index contributed by atoms with van der Waals surface area (Å²) in [7, 11) is 0. The van der Waals surface area contributed by atoms with E-state index in [1.165, 1.54) is 4.88 Å². The molecular weight excluding hydrogens is 166 g/mol. The van der Waals surface area contributed by atoms with E-state index in [4.69, 9.17) is 0 Å². The number of thiophene rings is 1. The zero-order valence-electron chi connectivity index (χ0n) is 7.42. The molecule has 0 amide bonds.